The van der Waals surface area contributed by atoms with Crippen LogP contribution in [0.3, 0.4) is 0 Å². The first kappa shape index (κ1) is 11.2. The van der Waals surface area contributed by atoms with Gasteiger partial charge in [-0.15, -0.1) is 11.3 Å². The Morgan fingerprint density at radius 2 is 2.06 bits per heavy atom. The van der Waals surface area contributed by atoms with E-state index in [4.69, 9.17) is 0 Å². The second-order valence-corrected chi connectivity index (χ2v) is 6.54. The zero-order chi connectivity index (χ0) is 11.8. The van der Waals surface area contributed by atoms with Crippen molar-refractivity contribution in [1.82, 2.24) is 3.96 Å². The lowest BCUT2D eigenvalue weighted by Crippen LogP contribution is -2.13. The number of benzene rings is 1. The average molecular weight is 326 g/mol. The number of hydrogen-bond donors (Lipinski definition) is 0. The summed E-state index contributed by atoms with van der Waals surface area (Å²) >= 11 is 6.68. The maximum atomic E-state index is 12.1. The van der Waals surface area contributed by atoms with Crippen LogP contribution < -0.4 is 5.56 Å². The summed E-state index contributed by atoms with van der Waals surface area (Å²) in [6.45, 7) is 0.649. The number of aromatic nitrogens is 1. The fraction of sp³-hybridized carbons (Fsp3) is 0.0833. The van der Waals surface area contributed by atoms with Crippen LogP contribution in [0.25, 0.3) is 10.1 Å². The highest BCUT2D eigenvalue weighted by Gasteiger charge is 2.09. The highest BCUT2D eigenvalue weighted by molar-refractivity contribution is 9.10. The summed E-state index contributed by atoms with van der Waals surface area (Å²) in [5, 5.41) is 2.84. The molecule has 0 atom stereocenters. The Kier molecular flexibility index (Phi) is 2.90. The van der Waals surface area contributed by atoms with Crippen LogP contribution in [-0.2, 0) is 6.54 Å². The molecule has 17 heavy (non-hydrogen) atoms. The molecule has 0 aliphatic rings. The quantitative estimate of drug-likeness (QED) is 0.699. The van der Waals surface area contributed by atoms with Crippen molar-refractivity contribution < 1.29 is 0 Å². The lowest BCUT2D eigenvalue weighted by Gasteiger charge is -1.97. The first-order valence-corrected chi connectivity index (χ1v) is 7.51. The molecule has 0 saturated carbocycles. The van der Waals surface area contributed by atoms with Crippen molar-refractivity contribution in [2.75, 3.05) is 0 Å². The Morgan fingerprint density at radius 3 is 2.76 bits per heavy atom. The molecule has 0 amide bonds. The lowest BCUT2D eigenvalue weighted by molar-refractivity contribution is 0.867. The summed E-state index contributed by atoms with van der Waals surface area (Å²) in [5.74, 6) is 0. The van der Waals surface area contributed by atoms with Crippen molar-refractivity contribution in [3.63, 3.8) is 0 Å². The summed E-state index contributed by atoms with van der Waals surface area (Å²) in [4.78, 5) is 13.3. The normalized spacial score (nSPS) is 11.1. The summed E-state index contributed by atoms with van der Waals surface area (Å²) in [7, 11) is 0. The zero-order valence-electron chi connectivity index (χ0n) is 8.72. The molecule has 0 unspecified atom stereocenters. The van der Waals surface area contributed by atoms with Crippen molar-refractivity contribution in [2.45, 2.75) is 6.54 Å². The Labute approximate surface area is 114 Å². The van der Waals surface area contributed by atoms with E-state index in [0.29, 0.717) is 6.54 Å². The van der Waals surface area contributed by atoms with E-state index in [1.165, 1.54) is 16.4 Å². The molecule has 5 heteroatoms. The van der Waals surface area contributed by atoms with Gasteiger partial charge in [0.1, 0.15) is 0 Å². The Bertz CT molecular complexity index is 725. The van der Waals surface area contributed by atoms with E-state index in [2.05, 4.69) is 15.9 Å². The van der Waals surface area contributed by atoms with Crippen LogP contribution in [0.4, 0.5) is 0 Å². The van der Waals surface area contributed by atoms with Gasteiger partial charge >= 0.3 is 0 Å². The van der Waals surface area contributed by atoms with E-state index < -0.39 is 0 Å². The zero-order valence-corrected chi connectivity index (χ0v) is 11.9. The van der Waals surface area contributed by atoms with Crippen molar-refractivity contribution in [3.8, 4) is 0 Å². The minimum atomic E-state index is 0.103. The van der Waals surface area contributed by atoms with E-state index in [9.17, 15) is 4.79 Å². The minimum Gasteiger partial charge on any atom is -0.268 e. The Hall–Kier alpha value is -0.910. The summed E-state index contributed by atoms with van der Waals surface area (Å²) in [6, 6.07) is 9.75. The summed E-state index contributed by atoms with van der Waals surface area (Å²) in [5.41, 5.74) is 0.103. The molecule has 1 aromatic carbocycles. The summed E-state index contributed by atoms with van der Waals surface area (Å²) in [6.07, 6.45) is 0. The lowest BCUT2D eigenvalue weighted by atomic mass is 10.3. The second kappa shape index (κ2) is 4.40. The molecule has 2 aromatic heterocycles. The van der Waals surface area contributed by atoms with E-state index in [1.54, 1.807) is 15.3 Å². The molecule has 0 saturated heterocycles. The van der Waals surface area contributed by atoms with E-state index in [-0.39, 0.29) is 5.56 Å². The molecule has 3 aromatic rings. The molecular weight excluding hydrogens is 318 g/mol. The van der Waals surface area contributed by atoms with Crippen LogP contribution in [0.1, 0.15) is 4.88 Å². The number of fused-ring (bicyclic) bond motifs is 1. The molecule has 0 aliphatic heterocycles. The first-order valence-electron chi connectivity index (χ1n) is 5.06. The number of rotatable bonds is 2. The van der Waals surface area contributed by atoms with Gasteiger partial charge < -0.3 is 0 Å². The van der Waals surface area contributed by atoms with Gasteiger partial charge in [-0.2, -0.15) is 0 Å². The molecule has 0 bridgehead atoms. The van der Waals surface area contributed by atoms with Gasteiger partial charge in [-0.1, -0.05) is 23.7 Å². The third-order valence-corrected chi connectivity index (χ3v) is 5.51. The highest BCUT2D eigenvalue weighted by atomic mass is 79.9. The molecule has 0 radical (unpaired) electrons. The highest BCUT2D eigenvalue weighted by Crippen LogP contribution is 2.25. The minimum absolute atomic E-state index is 0.103. The van der Waals surface area contributed by atoms with Gasteiger partial charge in [0.15, 0.2) is 0 Å². The van der Waals surface area contributed by atoms with Crippen LogP contribution in [0.15, 0.2) is 45.0 Å². The molecule has 0 aliphatic carbocycles. The van der Waals surface area contributed by atoms with Crippen molar-refractivity contribution in [1.29, 1.82) is 0 Å². The third kappa shape index (κ3) is 1.99. The molecule has 2 heterocycles. The molecule has 86 valence electrons. The van der Waals surface area contributed by atoms with Gasteiger partial charge in [0, 0.05) is 9.35 Å². The van der Waals surface area contributed by atoms with Gasteiger partial charge in [-0.3, -0.25) is 8.75 Å². The number of nitrogens with zero attached hydrogens (tertiary/aromatic N) is 1. The fourth-order valence-corrected chi connectivity index (χ4v) is 4.24. The van der Waals surface area contributed by atoms with Crippen molar-refractivity contribution in [2.24, 2.45) is 0 Å². The van der Waals surface area contributed by atoms with E-state index in [0.717, 1.165) is 14.6 Å². The van der Waals surface area contributed by atoms with E-state index >= 15 is 0 Å². The predicted octanol–water partition coefficient (Wildman–Crippen LogP) is 3.94. The van der Waals surface area contributed by atoms with Gasteiger partial charge in [0.2, 0.25) is 0 Å². The average Bonchev–Trinajstić information content (AvgIpc) is 2.87. The largest absolute Gasteiger partial charge is 0.268 e. The SMILES string of the molecule is O=c1c2ccccc2sn1Cc1sccc1Br. The molecule has 3 rings (SSSR count). The third-order valence-electron chi connectivity index (χ3n) is 2.53. The van der Waals surface area contributed by atoms with Gasteiger partial charge in [-0.05, 0) is 39.5 Å². The fourth-order valence-electron chi connectivity index (χ4n) is 1.69. The van der Waals surface area contributed by atoms with Gasteiger partial charge in [-0.25, -0.2) is 0 Å². The van der Waals surface area contributed by atoms with Gasteiger partial charge in [0.05, 0.1) is 16.6 Å². The van der Waals surface area contributed by atoms with Crippen LogP contribution in [0.5, 0.6) is 0 Å². The van der Waals surface area contributed by atoms with Crippen LogP contribution in [-0.4, -0.2) is 3.96 Å². The monoisotopic (exact) mass is 325 g/mol. The molecule has 0 N–H and O–H groups in total. The predicted molar refractivity (Wildman–Crippen MR) is 77.2 cm³/mol. The number of thiophene rings is 1. The number of hydrogen-bond acceptors (Lipinski definition) is 3. The molecule has 0 fully saturated rings. The maximum Gasteiger partial charge on any atom is 0.268 e. The molecule has 0 spiro atoms. The smallest absolute Gasteiger partial charge is 0.268 e. The van der Waals surface area contributed by atoms with Crippen LogP contribution in [0, 0.1) is 0 Å². The van der Waals surface area contributed by atoms with E-state index in [1.807, 2.05) is 35.7 Å². The topological polar surface area (TPSA) is 22.0 Å². The molecule has 2 nitrogen and oxygen atoms in total. The van der Waals surface area contributed by atoms with Crippen LogP contribution in [0.2, 0.25) is 0 Å². The Morgan fingerprint density at radius 1 is 1.24 bits per heavy atom. The van der Waals surface area contributed by atoms with Gasteiger partial charge in [0.25, 0.3) is 5.56 Å². The standard InChI is InChI=1S/C12H8BrNOS2/c13-9-5-6-16-11(9)7-14-12(15)8-3-1-2-4-10(8)17-14/h1-6H,7H2. The Balaban J connectivity index is 2.10. The van der Waals surface area contributed by atoms with Crippen LogP contribution >= 0.6 is 38.8 Å². The first-order chi connectivity index (χ1) is 8.25. The molecular formula is C12H8BrNOS2. The maximum absolute atomic E-state index is 12.1. The number of halogens is 1. The summed E-state index contributed by atoms with van der Waals surface area (Å²) < 4.78 is 3.93. The van der Waals surface area contributed by atoms with Crippen molar-refractivity contribution in [3.05, 3.63) is 55.4 Å². The van der Waals surface area contributed by atoms with Crippen molar-refractivity contribution >= 4 is 48.9 Å². The second-order valence-electron chi connectivity index (χ2n) is 3.62.